The van der Waals surface area contributed by atoms with E-state index in [9.17, 15) is 5.11 Å². The van der Waals surface area contributed by atoms with Gasteiger partial charge in [-0.05, 0) is 41.3 Å². The molecule has 0 saturated heterocycles. The zero-order valence-electron chi connectivity index (χ0n) is 15.1. The Labute approximate surface area is 171 Å². The molecule has 0 saturated carbocycles. The summed E-state index contributed by atoms with van der Waals surface area (Å²) in [6.45, 7) is 1.25. The molecular weight excluding hydrogens is 403 g/mol. The van der Waals surface area contributed by atoms with Gasteiger partial charge in [-0.1, -0.05) is 18.2 Å². The zero-order valence-corrected chi connectivity index (χ0v) is 16.6. The minimum Gasteiger partial charge on any atom is -0.493 e. The molecule has 0 radical (unpaired) electrons. The third-order valence-electron chi connectivity index (χ3n) is 5.81. The number of ether oxygens (including phenoxy) is 2. The molecule has 9 heteroatoms. The highest BCUT2D eigenvalue weighted by atomic mass is 35.5. The van der Waals surface area contributed by atoms with Crippen molar-refractivity contribution in [2.75, 3.05) is 18.6 Å². The Kier molecular flexibility index (Phi) is 4.15. The minimum atomic E-state index is -0.514. The Bertz CT molecular complexity index is 966. The predicted molar refractivity (Wildman–Crippen MR) is 104 cm³/mol. The fourth-order valence-electron chi connectivity index (χ4n) is 4.56. The van der Waals surface area contributed by atoms with Crippen LogP contribution in [-0.4, -0.2) is 45.9 Å². The van der Waals surface area contributed by atoms with Gasteiger partial charge in [-0.2, -0.15) is 15.0 Å². The predicted octanol–water partition coefficient (Wildman–Crippen LogP) is 2.92. The van der Waals surface area contributed by atoms with Crippen LogP contribution in [-0.2, 0) is 12.0 Å². The van der Waals surface area contributed by atoms with Crippen LogP contribution in [0.25, 0.3) is 0 Å². The van der Waals surface area contributed by atoms with Crippen LogP contribution in [0.4, 0.5) is 5.95 Å². The van der Waals surface area contributed by atoms with Crippen LogP contribution in [0.3, 0.4) is 0 Å². The van der Waals surface area contributed by atoms with Crippen molar-refractivity contribution in [2.24, 2.45) is 0 Å². The quantitative estimate of drug-likeness (QED) is 0.747. The maximum Gasteiger partial charge on any atom is 0.231 e. The molecule has 0 bridgehead atoms. The van der Waals surface area contributed by atoms with E-state index in [2.05, 4.69) is 21.0 Å². The topological polar surface area (TPSA) is 80.6 Å². The van der Waals surface area contributed by atoms with Crippen molar-refractivity contribution in [1.29, 1.82) is 0 Å². The molecule has 3 atom stereocenters. The fourth-order valence-corrected chi connectivity index (χ4v) is 4.92. The summed E-state index contributed by atoms with van der Waals surface area (Å²) in [4.78, 5) is 14.4. The molecule has 28 heavy (non-hydrogen) atoms. The second-order valence-corrected chi connectivity index (χ2v) is 7.96. The average molecular weight is 421 g/mol. The highest BCUT2D eigenvalue weighted by molar-refractivity contribution is 6.31. The van der Waals surface area contributed by atoms with E-state index in [1.54, 1.807) is 7.11 Å². The van der Waals surface area contributed by atoms with Crippen molar-refractivity contribution in [2.45, 2.75) is 37.0 Å². The van der Waals surface area contributed by atoms with Gasteiger partial charge in [0.05, 0.1) is 18.6 Å². The normalized spacial score (nSPS) is 27.6. The lowest BCUT2D eigenvalue weighted by Gasteiger charge is -2.35. The van der Waals surface area contributed by atoms with Gasteiger partial charge in [-0.15, -0.1) is 0 Å². The van der Waals surface area contributed by atoms with E-state index >= 15 is 0 Å². The summed E-state index contributed by atoms with van der Waals surface area (Å²) in [5.41, 5.74) is 1.90. The van der Waals surface area contributed by atoms with Gasteiger partial charge < -0.3 is 19.5 Å². The summed E-state index contributed by atoms with van der Waals surface area (Å²) in [6.07, 6.45) is 4.61. The first-order valence-corrected chi connectivity index (χ1v) is 9.82. The molecule has 7 nitrogen and oxygen atoms in total. The molecule has 1 aliphatic carbocycles. The van der Waals surface area contributed by atoms with Crippen molar-refractivity contribution in [1.82, 2.24) is 15.0 Å². The van der Waals surface area contributed by atoms with Gasteiger partial charge in [-0.25, -0.2) is 0 Å². The minimum absolute atomic E-state index is 0.0681. The second-order valence-electron chi connectivity index (χ2n) is 7.29. The van der Waals surface area contributed by atoms with Crippen LogP contribution < -0.4 is 14.4 Å². The standard InChI is InChI=1S/C19H18Cl2N4O3/c1-27-12-3-2-10-9-25(18-23-16(20)22-17(21)24-18)7-6-19-5-4-11(26)8-13(19)28-15(12)14(10)19/h2-5,11,13,26H,6-9H2,1H3. The monoisotopic (exact) mass is 420 g/mol. The number of methoxy groups -OCH3 is 1. The van der Waals surface area contributed by atoms with E-state index in [-0.39, 0.29) is 22.1 Å². The van der Waals surface area contributed by atoms with Crippen LogP contribution in [0.2, 0.25) is 10.6 Å². The molecule has 2 aliphatic heterocycles. The first-order valence-electron chi connectivity index (χ1n) is 9.06. The molecule has 0 amide bonds. The molecule has 1 spiro atoms. The summed E-state index contributed by atoms with van der Waals surface area (Å²) in [5.74, 6) is 1.91. The Morgan fingerprint density at radius 2 is 2.04 bits per heavy atom. The van der Waals surface area contributed by atoms with Gasteiger partial charge in [0.25, 0.3) is 0 Å². The first-order chi connectivity index (χ1) is 13.5. The maximum absolute atomic E-state index is 10.2. The van der Waals surface area contributed by atoms with Gasteiger partial charge in [0.2, 0.25) is 16.5 Å². The number of nitrogens with zero attached hydrogens (tertiary/aromatic N) is 4. The molecule has 5 rings (SSSR count). The van der Waals surface area contributed by atoms with Crippen LogP contribution in [0.5, 0.6) is 11.5 Å². The van der Waals surface area contributed by atoms with Crippen LogP contribution in [0, 0.1) is 0 Å². The van der Waals surface area contributed by atoms with Crippen LogP contribution in [0.15, 0.2) is 24.3 Å². The average Bonchev–Trinajstić information content (AvgIpc) is 2.89. The SMILES string of the molecule is COc1ccc2c3c1OC1CC(O)C=CC31CCN(c1nc(Cl)nc(Cl)n1)C2. The lowest BCUT2D eigenvalue weighted by atomic mass is 9.69. The van der Waals surface area contributed by atoms with E-state index in [0.29, 0.717) is 31.2 Å². The Balaban J connectivity index is 1.65. The Hall–Kier alpha value is -2.09. The molecule has 0 fully saturated rings. The summed E-state index contributed by atoms with van der Waals surface area (Å²) >= 11 is 12.0. The van der Waals surface area contributed by atoms with Crippen LogP contribution in [0.1, 0.15) is 24.0 Å². The largest absolute Gasteiger partial charge is 0.493 e. The first kappa shape index (κ1) is 18.0. The number of hydrogen-bond acceptors (Lipinski definition) is 7. The lowest BCUT2D eigenvalue weighted by molar-refractivity contribution is 0.0856. The summed E-state index contributed by atoms with van der Waals surface area (Å²) in [5, 5.41) is 10.3. The lowest BCUT2D eigenvalue weighted by Crippen LogP contribution is -2.43. The van der Waals surface area contributed by atoms with Gasteiger partial charge in [0, 0.05) is 25.1 Å². The van der Waals surface area contributed by atoms with E-state index < -0.39 is 6.10 Å². The zero-order chi connectivity index (χ0) is 19.5. The highest BCUT2D eigenvalue weighted by Gasteiger charge is 2.53. The van der Waals surface area contributed by atoms with E-state index in [4.69, 9.17) is 32.7 Å². The molecule has 1 aromatic heterocycles. The number of aliphatic hydroxyl groups excluding tert-OH is 1. The molecule has 2 aromatic rings. The molecule has 3 aliphatic rings. The van der Waals surface area contributed by atoms with E-state index in [0.717, 1.165) is 23.3 Å². The van der Waals surface area contributed by atoms with Gasteiger partial charge in [0.15, 0.2) is 11.5 Å². The van der Waals surface area contributed by atoms with Crippen LogP contribution >= 0.6 is 23.2 Å². The number of halogens is 2. The van der Waals surface area contributed by atoms with Crippen molar-refractivity contribution >= 4 is 29.2 Å². The van der Waals surface area contributed by atoms with Crippen molar-refractivity contribution in [3.8, 4) is 11.5 Å². The number of rotatable bonds is 2. The van der Waals surface area contributed by atoms with Gasteiger partial charge >= 0.3 is 0 Å². The maximum atomic E-state index is 10.2. The third kappa shape index (κ3) is 2.64. The summed E-state index contributed by atoms with van der Waals surface area (Å²) in [6, 6.07) is 3.96. The van der Waals surface area contributed by atoms with Crippen molar-refractivity contribution in [3.05, 3.63) is 46.0 Å². The smallest absolute Gasteiger partial charge is 0.231 e. The van der Waals surface area contributed by atoms with Crippen molar-refractivity contribution in [3.63, 3.8) is 0 Å². The van der Waals surface area contributed by atoms with Crippen molar-refractivity contribution < 1.29 is 14.6 Å². The molecule has 1 aromatic carbocycles. The molecular formula is C19H18Cl2N4O3. The summed E-state index contributed by atoms with van der Waals surface area (Å²) in [7, 11) is 1.64. The number of aromatic nitrogens is 3. The number of aliphatic hydroxyl groups is 1. The summed E-state index contributed by atoms with van der Waals surface area (Å²) < 4.78 is 11.9. The molecule has 3 unspecified atom stereocenters. The molecule has 3 heterocycles. The van der Waals surface area contributed by atoms with Gasteiger partial charge in [0.1, 0.15) is 6.10 Å². The van der Waals surface area contributed by atoms with Gasteiger partial charge in [-0.3, -0.25) is 0 Å². The number of benzene rings is 1. The van der Waals surface area contributed by atoms with E-state index in [1.165, 1.54) is 0 Å². The Morgan fingerprint density at radius 3 is 2.79 bits per heavy atom. The highest BCUT2D eigenvalue weighted by Crippen LogP contribution is 2.55. The number of hydrogen-bond donors (Lipinski definition) is 1. The number of anilines is 1. The molecule has 146 valence electrons. The molecule has 1 N–H and O–H groups in total. The fraction of sp³-hybridized carbons (Fsp3) is 0.421. The van der Waals surface area contributed by atoms with E-state index in [1.807, 2.05) is 23.1 Å². The second kappa shape index (κ2) is 6.47. The Morgan fingerprint density at radius 1 is 1.25 bits per heavy atom. The third-order valence-corrected chi connectivity index (χ3v) is 6.15.